The third-order valence-corrected chi connectivity index (χ3v) is 12.6. The van der Waals surface area contributed by atoms with Crippen LogP contribution in [-0.4, -0.2) is 76.2 Å². The number of ether oxygens (including phenoxy) is 4. The van der Waals surface area contributed by atoms with Crippen LogP contribution < -0.4 is 5.32 Å². The summed E-state index contributed by atoms with van der Waals surface area (Å²) in [5.74, 6) is -0.625. The molecule has 1 amide bonds. The molecule has 42 heavy (non-hydrogen) atoms. The zero-order chi connectivity index (χ0) is 30.5. The molecule has 0 aliphatic carbocycles. The third-order valence-electron chi connectivity index (χ3n) is 7.46. The van der Waals surface area contributed by atoms with Crippen LogP contribution in [0.4, 0.5) is 4.79 Å². The molecule has 2 aliphatic heterocycles. The molecule has 0 aromatic heterocycles. The van der Waals surface area contributed by atoms with E-state index in [4.69, 9.17) is 27.8 Å². The van der Waals surface area contributed by atoms with Crippen LogP contribution in [0.3, 0.4) is 0 Å². The number of amides is 1. The van der Waals surface area contributed by atoms with Gasteiger partial charge in [0.15, 0.2) is 12.4 Å². The monoisotopic (exact) mass is 601 g/mol. The van der Waals surface area contributed by atoms with Crippen molar-refractivity contribution in [3.63, 3.8) is 0 Å². The Morgan fingerprint density at radius 3 is 2.21 bits per heavy atom. The van der Waals surface area contributed by atoms with E-state index in [1.54, 1.807) is 30.3 Å². The van der Waals surface area contributed by atoms with Crippen LogP contribution in [0.25, 0.3) is 0 Å². The second kappa shape index (κ2) is 13.2. The fourth-order valence-electron chi connectivity index (χ4n) is 5.64. The average molecular weight is 602 g/mol. The van der Waals surface area contributed by atoms with E-state index in [0.717, 1.165) is 5.56 Å². The van der Waals surface area contributed by atoms with Crippen molar-refractivity contribution in [2.24, 2.45) is 0 Å². The summed E-state index contributed by atoms with van der Waals surface area (Å²) in [6.45, 7) is 12.9. The molecule has 0 bridgehead atoms. The molecule has 2 aromatic rings. The first-order valence-electron chi connectivity index (χ1n) is 14.3. The van der Waals surface area contributed by atoms with E-state index in [1.165, 1.54) is 0 Å². The number of fused-ring (bicyclic) bond motifs is 1. The smallest absolute Gasteiger partial charge is 0.407 e. The van der Waals surface area contributed by atoms with Crippen LogP contribution in [0.2, 0.25) is 10.1 Å². The van der Waals surface area contributed by atoms with Crippen LogP contribution in [0.15, 0.2) is 60.7 Å². The number of hydrogen-bond donors (Lipinski definition) is 2. The third kappa shape index (κ3) is 7.21. The van der Waals surface area contributed by atoms with Gasteiger partial charge in [-0.1, -0.05) is 90.1 Å². The molecule has 230 valence electrons. The number of aliphatic hydroxyl groups is 1. The minimum absolute atomic E-state index is 0.0129. The lowest BCUT2D eigenvalue weighted by molar-refractivity contribution is -0.307. The Bertz CT molecular complexity index is 1170. The summed E-state index contributed by atoms with van der Waals surface area (Å²) in [6.07, 6.45) is -5.59. The van der Waals surface area contributed by atoms with Crippen LogP contribution >= 0.6 is 0 Å². The predicted molar refractivity (Wildman–Crippen MR) is 157 cm³/mol. The van der Waals surface area contributed by atoms with E-state index < -0.39 is 51.3 Å². The van der Waals surface area contributed by atoms with E-state index >= 15 is 0 Å². The maximum absolute atomic E-state index is 13.0. The molecule has 10 nitrogen and oxygen atoms in total. The molecule has 2 fully saturated rings. The summed E-state index contributed by atoms with van der Waals surface area (Å²) < 4.78 is 36.4. The first-order chi connectivity index (χ1) is 19.8. The molecule has 2 saturated heterocycles. The quantitative estimate of drug-likeness (QED) is 0.252. The maximum atomic E-state index is 13.0. The maximum Gasteiger partial charge on any atom is 0.407 e. The van der Waals surface area contributed by atoms with E-state index in [9.17, 15) is 14.7 Å². The number of carbonyl (C=O) groups excluding carboxylic acids is 2. The molecule has 2 N–H and O–H groups in total. The van der Waals surface area contributed by atoms with E-state index in [0.29, 0.717) is 5.56 Å². The summed E-state index contributed by atoms with van der Waals surface area (Å²) in [4.78, 5) is 25.2. The standard InChI is InChI=1S/C31H43NO9Si/c1-30(2,3)42(31(4,5)6)38-20-23-25(41-42)24(33)26(40-27(34)22-15-11-8-12-16-22)28(39-23)36-18-17-32-29(35)37-19-21-13-9-7-10-14-21/h7-16,23-26,28,33H,17-20H2,1-6H3,(H,32,35)/t23-,24+,25+,26-,28-/m1/s1. The molecular weight excluding hydrogens is 558 g/mol. The highest BCUT2D eigenvalue weighted by Gasteiger charge is 2.65. The second-order valence-electron chi connectivity index (χ2n) is 12.6. The van der Waals surface area contributed by atoms with Gasteiger partial charge in [0.2, 0.25) is 0 Å². The van der Waals surface area contributed by atoms with Gasteiger partial charge in [0.05, 0.1) is 18.8 Å². The van der Waals surface area contributed by atoms with Gasteiger partial charge in [0.25, 0.3) is 0 Å². The van der Waals surface area contributed by atoms with Crippen LogP contribution in [0, 0.1) is 0 Å². The summed E-state index contributed by atoms with van der Waals surface area (Å²) in [7, 11) is -2.95. The van der Waals surface area contributed by atoms with Crippen molar-refractivity contribution in [2.75, 3.05) is 19.8 Å². The number of benzene rings is 2. The summed E-state index contributed by atoms with van der Waals surface area (Å²) >= 11 is 0. The lowest BCUT2D eigenvalue weighted by Crippen LogP contribution is -2.71. The van der Waals surface area contributed by atoms with Gasteiger partial charge in [-0.2, -0.15) is 0 Å². The van der Waals surface area contributed by atoms with E-state index in [1.807, 2.05) is 30.3 Å². The Kier molecular flexibility index (Phi) is 10.1. The molecule has 0 radical (unpaired) electrons. The number of esters is 1. The van der Waals surface area contributed by atoms with Crippen molar-refractivity contribution in [3.8, 4) is 0 Å². The summed E-state index contributed by atoms with van der Waals surface area (Å²) in [6, 6.07) is 17.8. The highest BCUT2D eigenvalue weighted by atomic mass is 28.4. The van der Waals surface area contributed by atoms with Crippen molar-refractivity contribution in [1.82, 2.24) is 5.32 Å². The van der Waals surface area contributed by atoms with Gasteiger partial charge in [-0.25, -0.2) is 9.59 Å². The van der Waals surface area contributed by atoms with Gasteiger partial charge in [0, 0.05) is 16.6 Å². The summed E-state index contributed by atoms with van der Waals surface area (Å²) in [5.41, 5.74) is 1.20. The van der Waals surface area contributed by atoms with Gasteiger partial charge in [-0.15, -0.1) is 0 Å². The molecule has 2 heterocycles. The number of hydrogen-bond acceptors (Lipinski definition) is 9. The number of carbonyl (C=O) groups is 2. The second-order valence-corrected chi connectivity index (χ2v) is 17.4. The molecule has 4 rings (SSSR count). The lowest BCUT2D eigenvalue weighted by atomic mass is 9.99. The molecule has 5 atom stereocenters. The molecule has 0 saturated carbocycles. The molecule has 11 heteroatoms. The van der Waals surface area contributed by atoms with Crippen LogP contribution in [0.1, 0.15) is 57.5 Å². The topological polar surface area (TPSA) is 122 Å². The zero-order valence-corrected chi connectivity index (χ0v) is 26.2. The van der Waals surface area contributed by atoms with E-state index in [-0.39, 0.29) is 36.4 Å². The van der Waals surface area contributed by atoms with Crippen LogP contribution in [-0.2, 0) is 34.4 Å². The molecule has 2 aromatic carbocycles. The Morgan fingerprint density at radius 1 is 0.976 bits per heavy atom. The number of aliphatic hydroxyl groups excluding tert-OH is 1. The Morgan fingerprint density at radius 2 is 1.60 bits per heavy atom. The van der Waals surface area contributed by atoms with E-state index in [2.05, 4.69) is 46.9 Å². The van der Waals surface area contributed by atoms with Crippen molar-refractivity contribution in [1.29, 1.82) is 0 Å². The Hall–Kier alpha value is -2.80. The van der Waals surface area contributed by atoms with Crippen molar-refractivity contribution in [2.45, 2.75) is 88.9 Å². The molecule has 0 spiro atoms. The first-order valence-corrected chi connectivity index (χ1v) is 16.1. The first kappa shape index (κ1) is 32.1. The number of alkyl carbamates (subject to hydrolysis) is 1. The minimum Gasteiger partial charge on any atom is -0.450 e. The van der Waals surface area contributed by atoms with Gasteiger partial charge in [-0.05, 0) is 17.7 Å². The minimum atomic E-state index is -2.95. The number of rotatable bonds is 8. The lowest BCUT2D eigenvalue weighted by Gasteiger charge is -2.57. The van der Waals surface area contributed by atoms with Gasteiger partial charge in [0.1, 0.15) is 24.9 Å². The Labute approximate surface area is 248 Å². The Balaban J connectivity index is 1.44. The van der Waals surface area contributed by atoms with Crippen molar-refractivity contribution < 1.29 is 42.5 Å². The largest absolute Gasteiger partial charge is 0.450 e. The SMILES string of the molecule is CC(C)(C)[Si]1(C(C)(C)C)OC[C@H]2O[C@@H](OCCNC(=O)OCc3ccccc3)[C@H](OC(=O)c3ccccc3)[C@@H](O)[C@H]2O1. The van der Waals surface area contributed by atoms with Crippen molar-refractivity contribution >= 4 is 20.6 Å². The van der Waals surface area contributed by atoms with Gasteiger partial charge >= 0.3 is 20.6 Å². The van der Waals surface area contributed by atoms with Gasteiger partial charge in [-0.3, -0.25) is 0 Å². The fourth-order valence-corrected chi connectivity index (χ4v) is 10.6. The highest BCUT2D eigenvalue weighted by Crippen LogP contribution is 2.55. The highest BCUT2D eigenvalue weighted by molar-refractivity contribution is 6.73. The molecule has 2 aliphatic rings. The average Bonchev–Trinajstić information content (AvgIpc) is 2.95. The normalized spacial score (nSPS) is 25.6. The molecular formula is C31H43NO9Si. The predicted octanol–water partition coefficient (Wildman–Crippen LogP) is 4.70. The zero-order valence-electron chi connectivity index (χ0n) is 25.2. The summed E-state index contributed by atoms with van der Waals surface area (Å²) in [5, 5.41) is 13.6. The number of nitrogens with one attached hydrogen (secondary N) is 1. The fraction of sp³-hybridized carbons (Fsp3) is 0.548. The van der Waals surface area contributed by atoms with Crippen LogP contribution in [0.5, 0.6) is 0 Å². The van der Waals surface area contributed by atoms with Crippen molar-refractivity contribution in [3.05, 3.63) is 71.8 Å². The molecule has 0 unspecified atom stereocenters. The van der Waals surface area contributed by atoms with Gasteiger partial charge < -0.3 is 38.2 Å².